The molecule has 1 aliphatic rings. The van der Waals surface area contributed by atoms with E-state index in [9.17, 15) is 13.2 Å². The molecule has 0 aliphatic carbocycles. The summed E-state index contributed by atoms with van der Waals surface area (Å²) in [6.45, 7) is 6.39. The Morgan fingerprint density at radius 2 is 1.39 bits per heavy atom. The van der Waals surface area contributed by atoms with Crippen LogP contribution in [0.4, 0.5) is 5.69 Å². The first kappa shape index (κ1) is 28.4. The van der Waals surface area contributed by atoms with Crippen molar-refractivity contribution in [3.8, 4) is 5.75 Å². The standard InChI is InChI=1S/C33H35N3O4S/c1-25-13-14-26(2)31(23-25)34-41(38,39)30-17-15-29(16-18-30)40-24-32(37)35-19-21-36(22-20-35)33(27-9-5-3-6-10-27)28-11-7-4-8-12-28/h3-18,23,33-34H,19-22,24H2,1-2H3. The van der Waals surface area contributed by atoms with Crippen molar-refractivity contribution < 1.29 is 17.9 Å². The Balaban J connectivity index is 1.16. The van der Waals surface area contributed by atoms with Gasteiger partial charge in [0.25, 0.3) is 15.9 Å². The molecule has 8 heteroatoms. The summed E-state index contributed by atoms with van der Waals surface area (Å²) in [5.74, 6) is 0.352. The van der Waals surface area contributed by atoms with Gasteiger partial charge in [0, 0.05) is 26.2 Å². The third kappa shape index (κ3) is 6.96. The van der Waals surface area contributed by atoms with Crippen LogP contribution in [0.5, 0.6) is 5.75 Å². The van der Waals surface area contributed by atoms with E-state index in [0.29, 0.717) is 24.5 Å². The molecule has 0 aromatic heterocycles. The summed E-state index contributed by atoms with van der Waals surface area (Å²) < 4.78 is 34.2. The van der Waals surface area contributed by atoms with E-state index in [0.717, 1.165) is 24.2 Å². The molecule has 0 spiro atoms. The molecule has 1 fully saturated rings. The van der Waals surface area contributed by atoms with Crippen LogP contribution < -0.4 is 9.46 Å². The number of aryl methyl sites for hydroxylation is 2. The fraction of sp³-hybridized carbons (Fsp3) is 0.242. The van der Waals surface area contributed by atoms with Gasteiger partial charge in [-0.05, 0) is 66.4 Å². The minimum absolute atomic E-state index is 0.0890. The van der Waals surface area contributed by atoms with Crippen LogP contribution in [0.3, 0.4) is 0 Å². The Morgan fingerprint density at radius 1 is 0.805 bits per heavy atom. The topological polar surface area (TPSA) is 78.9 Å². The molecule has 4 aromatic carbocycles. The number of hydrogen-bond acceptors (Lipinski definition) is 5. The summed E-state index contributed by atoms with van der Waals surface area (Å²) >= 11 is 0. The molecule has 41 heavy (non-hydrogen) atoms. The van der Waals surface area contributed by atoms with Gasteiger partial charge in [-0.3, -0.25) is 14.4 Å². The lowest BCUT2D eigenvalue weighted by Gasteiger charge is -2.39. The predicted octanol–water partition coefficient (Wildman–Crippen LogP) is 5.42. The number of carbonyl (C=O) groups excluding carboxylic acids is 1. The number of anilines is 1. The lowest BCUT2D eigenvalue weighted by Crippen LogP contribution is -2.51. The van der Waals surface area contributed by atoms with E-state index in [1.807, 2.05) is 43.0 Å². The molecule has 0 atom stereocenters. The first-order chi connectivity index (χ1) is 19.8. The van der Waals surface area contributed by atoms with E-state index in [1.54, 1.807) is 18.2 Å². The van der Waals surface area contributed by atoms with E-state index in [4.69, 9.17) is 4.74 Å². The van der Waals surface area contributed by atoms with Gasteiger partial charge in [0.05, 0.1) is 16.6 Å². The normalized spacial score (nSPS) is 14.2. The molecular formula is C33H35N3O4S. The fourth-order valence-corrected chi connectivity index (χ4v) is 6.24. The SMILES string of the molecule is Cc1ccc(C)c(NS(=O)(=O)c2ccc(OCC(=O)N3CCN(C(c4ccccc4)c4ccccc4)CC3)cc2)c1. The van der Waals surface area contributed by atoms with Crippen molar-refractivity contribution in [2.75, 3.05) is 37.5 Å². The van der Waals surface area contributed by atoms with Crippen LogP contribution in [-0.4, -0.2) is 56.9 Å². The fourth-order valence-electron chi connectivity index (χ4n) is 5.12. The summed E-state index contributed by atoms with van der Waals surface area (Å²) in [7, 11) is -3.76. The van der Waals surface area contributed by atoms with Crippen molar-refractivity contribution in [2.45, 2.75) is 24.8 Å². The number of sulfonamides is 1. The van der Waals surface area contributed by atoms with Crippen LogP contribution in [0, 0.1) is 13.8 Å². The van der Waals surface area contributed by atoms with Gasteiger partial charge in [-0.25, -0.2) is 8.42 Å². The molecule has 1 saturated heterocycles. The van der Waals surface area contributed by atoms with Crippen molar-refractivity contribution in [3.05, 3.63) is 125 Å². The first-order valence-corrected chi connectivity index (χ1v) is 15.2. The van der Waals surface area contributed by atoms with Crippen LogP contribution in [0.2, 0.25) is 0 Å². The van der Waals surface area contributed by atoms with Crippen molar-refractivity contribution in [3.63, 3.8) is 0 Å². The zero-order chi connectivity index (χ0) is 28.8. The van der Waals surface area contributed by atoms with E-state index < -0.39 is 10.0 Å². The highest BCUT2D eigenvalue weighted by atomic mass is 32.2. The molecule has 7 nitrogen and oxygen atoms in total. The molecular weight excluding hydrogens is 534 g/mol. The lowest BCUT2D eigenvalue weighted by molar-refractivity contribution is -0.135. The van der Waals surface area contributed by atoms with E-state index >= 15 is 0 Å². The Labute approximate surface area is 242 Å². The molecule has 1 aliphatic heterocycles. The molecule has 1 N–H and O–H groups in total. The predicted molar refractivity (Wildman–Crippen MR) is 162 cm³/mol. The zero-order valence-corrected chi connectivity index (χ0v) is 24.2. The Kier molecular flexibility index (Phi) is 8.71. The smallest absolute Gasteiger partial charge is 0.261 e. The summed E-state index contributed by atoms with van der Waals surface area (Å²) in [6, 6.07) is 32.8. The van der Waals surface area contributed by atoms with Crippen LogP contribution in [-0.2, 0) is 14.8 Å². The Bertz CT molecular complexity index is 1530. The molecule has 212 valence electrons. The van der Waals surface area contributed by atoms with Gasteiger partial charge in [-0.2, -0.15) is 0 Å². The molecule has 0 unspecified atom stereocenters. The molecule has 0 saturated carbocycles. The molecule has 0 bridgehead atoms. The van der Waals surface area contributed by atoms with Gasteiger partial charge in [-0.1, -0.05) is 72.8 Å². The summed E-state index contributed by atoms with van der Waals surface area (Å²) in [5, 5.41) is 0. The number of nitrogens with zero attached hydrogens (tertiary/aromatic N) is 2. The first-order valence-electron chi connectivity index (χ1n) is 13.7. The van der Waals surface area contributed by atoms with Crippen LogP contribution >= 0.6 is 0 Å². The number of amides is 1. The van der Waals surface area contributed by atoms with Crippen LogP contribution in [0.15, 0.2) is 108 Å². The second-order valence-corrected chi connectivity index (χ2v) is 12.0. The van der Waals surface area contributed by atoms with Gasteiger partial charge >= 0.3 is 0 Å². The van der Waals surface area contributed by atoms with Gasteiger partial charge in [0.15, 0.2) is 6.61 Å². The number of ether oxygens (including phenoxy) is 1. The van der Waals surface area contributed by atoms with Gasteiger partial charge in [0.2, 0.25) is 0 Å². The number of hydrogen-bond donors (Lipinski definition) is 1. The van der Waals surface area contributed by atoms with Gasteiger partial charge in [0.1, 0.15) is 5.75 Å². The minimum atomic E-state index is -3.76. The lowest BCUT2D eigenvalue weighted by atomic mass is 9.96. The maximum Gasteiger partial charge on any atom is 0.261 e. The Morgan fingerprint density at radius 3 is 1.98 bits per heavy atom. The van der Waals surface area contributed by atoms with Crippen molar-refractivity contribution >= 4 is 21.6 Å². The van der Waals surface area contributed by atoms with Gasteiger partial charge in [-0.15, -0.1) is 0 Å². The van der Waals surface area contributed by atoms with Crippen molar-refractivity contribution in [2.24, 2.45) is 0 Å². The largest absolute Gasteiger partial charge is 0.484 e. The third-order valence-corrected chi connectivity index (χ3v) is 8.78. The summed E-state index contributed by atoms with van der Waals surface area (Å²) in [5.41, 5.74) is 4.83. The maximum atomic E-state index is 13.0. The quantitative estimate of drug-likeness (QED) is 0.291. The highest BCUT2D eigenvalue weighted by molar-refractivity contribution is 7.92. The number of rotatable bonds is 9. The number of nitrogens with one attached hydrogen (secondary N) is 1. The number of benzene rings is 4. The molecule has 1 heterocycles. The second kappa shape index (κ2) is 12.6. The van der Waals surface area contributed by atoms with Crippen molar-refractivity contribution in [1.82, 2.24) is 9.80 Å². The van der Waals surface area contributed by atoms with Crippen molar-refractivity contribution in [1.29, 1.82) is 0 Å². The highest BCUT2D eigenvalue weighted by Crippen LogP contribution is 2.29. The van der Waals surface area contributed by atoms with Crippen LogP contribution in [0.25, 0.3) is 0 Å². The van der Waals surface area contributed by atoms with E-state index in [2.05, 4.69) is 58.2 Å². The third-order valence-electron chi connectivity index (χ3n) is 7.40. The zero-order valence-electron chi connectivity index (χ0n) is 23.4. The highest BCUT2D eigenvalue weighted by Gasteiger charge is 2.28. The van der Waals surface area contributed by atoms with E-state index in [1.165, 1.54) is 23.3 Å². The average molecular weight is 570 g/mol. The maximum absolute atomic E-state index is 13.0. The molecule has 1 amide bonds. The molecule has 0 radical (unpaired) electrons. The number of carbonyl (C=O) groups is 1. The van der Waals surface area contributed by atoms with Crippen LogP contribution in [0.1, 0.15) is 28.3 Å². The van der Waals surface area contributed by atoms with Gasteiger partial charge < -0.3 is 9.64 Å². The summed E-state index contributed by atoms with van der Waals surface area (Å²) in [4.78, 5) is 17.3. The Hall–Kier alpha value is -4.14. The van der Waals surface area contributed by atoms with E-state index in [-0.39, 0.29) is 23.5 Å². The average Bonchev–Trinajstić information content (AvgIpc) is 2.99. The molecule has 5 rings (SSSR count). The second-order valence-electron chi connectivity index (χ2n) is 10.3. The molecule has 4 aromatic rings. The summed E-state index contributed by atoms with van der Waals surface area (Å²) in [6.07, 6.45) is 0. The minimum Gasteiger partial charge on any atom is -0.484 e. The number of piperazine rings is 1. The monoisotopic (exact) mass is 569 g/mol.